The number of oxime groups is 1. The molecule has 0 aliphatic carbocycles. The van der Waals surface area contributed by atoms with Crippen LogP contribution in [0.5, 0.6) is 0 Å². The fraction of sp³-hybridized carbons (Fsp3) is 0.571. The van der Waals surface area contributed by atoms with E-state index in [-0.39, 0.29) is 11.9 Å². The lowest BCUT2D eigenvalue weighted by atomic mass is 10.1. The molecule has 0 amide bonds. The minimum absolute atomic E-state index is 0.00291. The molecule has 4 N–H and O–H groups in total. The molecule has 0 bridgehead atoms. The second-order valence-electron chi connectivity index (χ2n) is 5.77. The lowest BCUT2D eigenvalue weighted by Crippen LogP contribution is -2.37. The van der Waals surface area contributed by atoms with Crippen LogP contribution in [0.3, 0.4) is 0 Å². The predicted octanol–water partition coefficient (Wildman–Crippen LogP) is -0.327. The maximum Gasteiger partial charge on any atom is 0.188 e. The normalized spacial score (nSPS) is 23.9. The summed E-state index contributed by atoms with van der Waals surface area (Å²) in [7, 11) is 4.07. The number of nitrogens with zero attached hydrogens (tertiary/aromatic N) is 4. The van der Waals surface area contributed by atoms with E-state index in [0.717, 1.165) is 18.5 Å². The summed E-state index contributed by atoms with van der Waals surface area (Å²) >= 11 is 0. The molecule has 116 valence electrons. The van der Waals surface area contributed by atoms with Crippen molar-refractivity contribution < 1.29 is 10.3 Å². The number of aromatic nitrogens is 1. The summed E-state index contributed by atoms with van der Waals surface area (Å²) in [6.07, 6.45) is 2.16. The first kappa shape index (κ1) is 15.7. The predicted molar refractivity (Wildman–Crippen MR) is 80.1 cm³/mol. The number of aliphatic hydroxyl groups is 1. The number of hydrogen-bond acceptors (Lipinski definition) is 6. The van der Waals surface area contributed by atoms with Crippen molar-refractivity contribution in [2.45, 2.75) is 25.1 Å². The Balaban J connectivity index is 2.09. The van der Waals surface area contributed by atoms with E-state index in [1.165, 1.54) is 0 Å². The second-order valence-corrected chi connectivity index (χ2v) is 5.77. The third-order valence-electron chi connectivity index (χ3n) is 3.66. The van der Waals surface area contributed by atoms with Crippen LogP contribution in [0.4, 0.5) is 0 Å². The fourth-order valence-electron chi connectivity index (χ4n) is 2.76. The van der Waals surface area contributed by atoms with Gasteiger partial charge in [0.1, 0.15) is 5.69 Å². The number of hydrogen-bond donors (Lipinski definition) is 3. The van der Waals surface area contributed by atoms with Crippen LogP contribution in [0.25, 0.3) is 0 Å². The molecule has 2 unspecified atom stereocenters. The Morgan fingerprint density at radius 2 is 2.33 bits per heavy atom. The van der Waals surface area contributed by atoms with Crippen molar-refractivity contribution in [1.82, 2.24) is 14.8 Å². The number of amidine groups is 1. The Morgan fingerprint density at radius 1 is 1.57 bits per heavy atom. The molecule has 1 aromatic heterocycles. The second kappa shape index (κ2) is 6.84. The van der Waals surface area contributed by atoms with Crippen molar-refractivity contribution in [3.63, 3.8) is 0 Å². The summed E-state index contributed by atoms with van der Waals surface area (Å²) in [4.78, 5) is 8.46. The molecular formula is C14H23N5O2. The molecule has 0 saturated carbocycles. The largest absolute Gasteiger partial charge is 0.409 e. The van der Waals surface area contributed by atoms with E-state index >= 15 is 0 Å². The maximum absolute atomic E-state index is 9.90. The maximum atomic E-state index is 9.90. The highest BCUT2D eigenvalue weighted by atomic mass is 16.4. The molecule has 1 aliphatic rings. The van der Waals surface area contributed by atoms with Gasteiger partial charge in [-0.1, -0.05) is 5.16 Å². The first-order valence-corrected chi connectivity index (χ1v) is 6.99. The summed E-state index contributed by atoms with van der Waals surface area (Å²) in [5, 5.41) is 21.6. The number of aliphatic hydroxyl groups excluding tert-OH is 1. The minimum Gasteiger partial charge on any atom is -0.409 e. The third kappa shape index (κ3) is 4.13. The quantitative estimate of drug-likeness (QED) is 0.298. The lowest BCUT2D eigenvalue weighted by Gasteiger charge is -2.26. The van der Waals surface area contributed by atoms with E-state index in [1.807, 2.05) is 26.2 Å². The summed E-state index contributed by atoms with van der Waals surface area (Å²) in [6, 6.07) is 4.05. The van der Waals surface area contributed by atoms with Gasteiger partial charge < -0.3 is 20.9 Å². The van der Waals surface area contributed by atoms with Crippen molar-refractivity contribution in [3.8, 4) is 0 Å². The van der Waals surface area contributed by atoms with Crippen molar-refractivity contribution in [3.05, 3.63) is 29.6 Å². The van der Waals surface area contributed by atoms with Gasteiger partial charge in [-0.2, -0.15) is 0 Å². The van der Waals surface area contributed by atoms with Gasteiger partial charge in [0.2, 0.25) is 0 Å². The Morgan fingerprint density at radius 3 is 3.00 bits per heavy atom. The molecule has 7 nitrogen and oxygen atoms in total. The van der Waals surface area contributed by atoms with E-state index in [0.29, 0.717) is 24.8 Å². The van der Waals surface area contributed by atoms with E-state index in [4.69, 9.17) is 10.9 Å². The van der Waals surface area contributed by atoms with E-state index < -0.39 is 0 Å². The SMILES string of the molecule is CN(C)CC1CC(O)CN1Cc1ccnc(C(N)=NO)c1. The molecule has 2 rings (SSSR count). The third-order valence-corrected chi connectivity index (χ3v) is 3.66. The van der Waals surface area contributed by atoms with Crippen molar-refractivity contribution >= 4 is 5.84 Å². The lowest BCUT2D eigenvalue weighted by molar-refractivity contribution is 0.169. The molecule has 1 saturated heterocycles. The number of nitrogens with two attached hydrogens (primary N) is 1. The van der Waals surface area contributed by atoms with Gasteiger partial charge in [0, 0.05) is 31.9 Å². The first-order chi connectivity index (χ1) is 9.99. The highest BCUT2D eigenvalue weighted by molar-refractivity contribution is 5.95. The van der Waals surface area contributed by atoms with E-state index in [2.05, 4.69) is 19.9 Å². The van der Waals surface area contributed by atoms with Crippen LogP contribution in [0.2, 0.25) is 0 Å². The van der Waals surface area contributed by atoms with Crippen molar-refractivity contribution in [1.29, 1.82) is 0 Å². The molecule has 1 aliphatic heterocycles. The number of likely N-dealkylation sites (tertiary alicyclic amines) is 1. The smallest absolute Gasteiger partial charge is 0.188 e. The molecule has 0 radical (unpaired) electrons. The number of likely N-dealkylation sites (N-methyl/N-ethyl adjacent to an activating group) is 1. The molecule has 0 spiro atoms. The van der Waals surface area contributed by atoms with Crippen molar-refractivity contribution in [2.24, 2.45) is 10.9 Å². The van der Waals surface area contributed by atoms with Crippen LogP contribution in [-0.4, -0.2) is 70.3 Å². The first-order valence-electron chi connectivity index (χ1n) is 6.99. The number of rotatable bonds is 5. The highest BCUT2D eigenvalue weighted by Crippen LogP contribution is 2.21. The molecular weight excluding hydrogens is 270 g/mol. The van der Waals surface area contributed by atoms with Crippen LogP contribution in [-0.2, 0) is 6.54 Å². The van der Waals surface area contributed by atoms with Crippen LogP contribution < -0.4 is 5.73 Å². The van der Waals surface area contributed by atoms with Gasteiger partial charge >= 0.3 is 0 Å². The molecule has 1 fully saturated rings. The zero-order chi connectivity index (χ0) is 15.4. The summed E-state index contributed by atoms with van der Waals surface area (Å²) in [5.74, 6) is 0.00291. The molecule has 0 aromatic carbocycles. The topological polar surface area (TPSA) is 98.2 Å². The van der Waals surface area contributed by atoms with Gasteiger partial charge in [-0.25, -0.2) is 0 Å². The molecule has 1 aromatic rings. The number of pyridine rings is 1. The van der Waals surface area contributed by atoms with Crippen LogP contribution in [0.15, 0.2) is 23.5 Å². The van der Waals surface area contributed by atoms with Crippen molar-refractivity contribution in [2.75, 3.05) is 27.2 Å². The van der Waals surface area contributed by atoms with Crippen LogP contribution in [0.1, 0.15) is 17.7 Å². The Hall–Kier alpha value is -1.70. The molecule has 2 heterocycles. The average molecular weight is 293 g/mol. The Bertz CT molecular complexity index is 506. The van der Waals surface area contributed by atoms with Crippen LogP contribution >= 0.6 is 0 Å². The Labute approximate surface area is 124 Å². The van der Waals surface area contributed by atoms with Gasteiger partial charge in [-0.05, 0) is 38.2 Å². The molecule has 7 heteroatoms. The summed E-state index contributed by atoms with van der Waals surface area (Å²) in [5.41, 5.74) is 7.05. The monoisotopic (exact) mass is 293 g/mol. The zero-order valence-electron chi connectivity index (χ0n) is 12.5. The van der Waals surface area contributed by atoms with Crippen LogP contribution in [0, 0.1) is 0 Å². The standard InChI is InChI=1S/C14H23N5O2/c1-18(2)8-11-6-12(20)9-19(11)7-10-3-4-16-13(5-10)14(15)17-21/h3-5,11-12,20-21H,6-9H2,1-2H3,(H2,15,17). The highest BCUT2D eigenvalue weighted by Gasteiger charge is 2.31. The number of β-amino-alcohol motifs (C(OH)–C–C–N with tert-alkyl or cyclic N) is 1. The van der Waals surface area contributed by atoms with Gasteiger partial charge in [0.25, 0.3) is 0 Å². The summed E-state index contributed by atoms with van der Waals surface area (Å²) < 4.78 is 0. The summed E-state index contributed by atoms with van der Waals surface area (Å²) in [6.45, 7) is 2.29. The van der Waals surface area contributed by atoms with Gasteiger partial charge in [-0.15, -0.1) is 0 Å². The Kier molecular flexibility index (Phi) is 5.11. The van der Waals surface area contributed by atoms with E-state index in [1.54, 1.807) is 6.20 Å². The molecule has 2 atom stereocenters. The average Bonchev–Trinajstić information content (AvgIpc) is 2.77. The van der Waals surface area contributed by atoms with Gasteiger partial charge in [0.15, 0.2) is 5.84 Å². The minimum atomic E-state index is -0.277. The van der Waals surface area contributed by atoms with Gasteiger partial charge in [0.05, 0.1) is 6.10 Å². The zero-order valence-corrected chi connectivity index (χ0v) is 12.5. The fourth-order valence-corrected chi connectivity index (χ4v) is 2.76. The van der Waals surface area contributed by atoms with E-state index in [9.17, 15) is 5.11 Å². The molecule has 21 heavy (non-hydrogen) atoms. The van der Waals surface area contributed by atoms with Gasteiger partial charge in [-0.3, -0.25) is 9.88 Å².